The minimum absolute atomic E-state index is 0.406. The highest BCUT2D eigenvalue weighted by Gasteiger charge is 2.27. The predicted octanol–water partition coefficient (Wildman–Crippen LogP) is -1.71. The molecule has 0 saturated carbocycles. The van der Waals surface area contributed by atoms with E-state index in [1.165, 1.54) is 18.3 Å². The molecular weight excluding hydrogens is 234 g/mol. The van der Waals surface area contributed by atoms with Crippen molar-refractivity contribution in [3.8, 4) is 0 Å². The minimum Gasteiger partial charge on any atom is -0.468 e. The maximum atomic E-state index is 11.8. The predicted molar refractivity (Wildman–Crippen MR) is 58.0 cm³/mol. The number of piperazine rings is 1. The van der Waals surface area contributed by atoms with Gasteiger partial charge in [0.2, 0.25) is 0 Å². The number of hydrogen-bond acceptors (Lipinski definition) is 5. The van der Waals surface area contributed by atoms with Crippen LogP contribution in [-0.2, 0) is 19.7 Å². The molecule has 7 nitrogen and oxygen atoms in total. The standard InChI is InChI=1S/C8H17N3O4S/c1-7(8(12)15-2)10-16(13,14)11-5-3-9-4-6-11/h7,9-10H,3-6H2,1-2H3/t7-/m0/s1. The summed E-state index contributed by atoms with van der Waals surface area (Å²) < 4.78 is 31.6. The summed E-state index contributed by atoms with van der Waals surface area (Å²) in [6, 6.07) is -0.870. The van der Waals surface area contributed by atoms with E-state index in [2.05, 4.69) is 14.8 Å². The first-order valence-corrected chi connectivity index (χ1v) is 6.47. The highest BCUT2D eigenvalue weighted by Crippen LogP contribution is 2.01. The zero-order chi connectivity index (χ0) is 12.2. The van der Waals surface area contributed by atoms with Gasteiger partial charge in [0.1, 0.15) is 6.04 Å². The normalized spacial score (nSPS) is 20.4. The Morgan fingerprint density at radius 2 is 2.00 bits per heavy atom. The lowest BCUT2D eigenvalue weighted by Crippen LogP contribution is -2.53. The summed E-state index contributed by atoms with van der Waals surface area (Å²) in [6.07, 6.45) is 0. The van der Waals surface area contributed by atoms with Gasteiger partial charge in [-0.15, -0.1) is 0 Å². The quantitative estimate of drug-likeness (QED) is 0.581. The van der Waals surface area contributed by atoms with Crippen molar-refractivity contribution in [2.75, 3.05) is 33.3 Å². The molecular formula is C8H17N3O4S. The van der Waals surface area contributed by atoms with Crippen molar-refractivity contribution in [3.05, 3.63) is 0 Å². The summed E-state index contributed by atoms with van der Waals surface area (Å²) in [4.78, 5) is 11.1. The number of esters is 1. The van der Waals surface area contributed by atoms with Gasteiger partial charge in [-0.05, 0) is 6.92 Å². The Bertz CT molecular complexity index is 337. The summed E-state index contributed by atoms with van der Waals surface area (Å²) in [5, 5.41) is 3.05. The van der Waals surface area contributed by atoms with Crippen molar-refractivity contribution in [2.45, 2.75) is 13.0 Å². The zero-order valence-corrected chi connectivity index (χ0v) is 10.2. The fourth-order valence-electron chi connectivity index (χ4n) is 1.41. The van der Waals surface area contributed by atoms with Crippen molar-refractivity contribution in [2.24, 2.45) is 0 Å². The summed E-state index contributed by atoms with van der Waals surface area (Å²) in [7, 11) is -2.37. The Labute approximate surface area is 95.3 Å². The maximum Gasteiger partial charge on any atom is 0.323 e. The molecule has 8 heteroatoms. The molecule has 0 bridgehead atoms. The van der Waals surface area contributed by atoms with Gasteiger partial charge in [0.05, 0.1) is 7.11 Å². The van der Waals surface area contributed by atoms with Gasteiger partial charge in [0.15, 0.2) is 0 Å². The third-order valence-electron chi connectivity index (χ3n) is 2.30. The topological polar surface area (TPSA) is 87.7 Å². The van der Waals surface area contributed by atoms with E-state index in [9.17, 15) is 13.2 Å². The fraction of sp³-hybridized carbons (Fsp3) is 0.875. The van der Waals surface area contributed by atoms with Gasteiger partial charge in [-0.25, -0.2) is 0 Å². The molecule has 0 aliphatic carbocycles. The third-order valence-corrected chi connectivity index (χ3v) is 3.99. The minimum atomic E-state index is -3.60. The van der Waals surface area contributed by atoms with Crippen LogP contribution in [0.2, 0.25) is 0 Å². The third kappa shape index (κ3) is 3.41. The highest BCUT2D eigenvalue weighted by atomic mass is 32.2. The lowest BCUT2D eigenvalue weighted by Gasteiger charge is -2.27. The molecule has 0 aromatic carbocycles. The van der Waals surface area contributed by atoms with Gasteiger partial charge in [-0.2, -0.15) is 17.4 Å². The Morgan fingerprint density at radius 1 is 1.44 bits per heavy atom. The molecule has 94 valence electrons. The van der Waals surface area contributed by atoms with Crippen LogP contribution in [0.5, 0.6) is 0 Å². The van der Waals surface area contributed by atoms with Crippen LogP contribution in [-0.4, -0.2) is 58.0 Å². The summed E-state index contributed by atoms with van der Waals surface area (Å²) >= 11 is 0. The molecule has 1 rings (SSSR count). The van der Waals surface area contributed by atoms with Crippen LogP contribution in [0.1, 0.15) is 6.92 Å². The molecule has 0 unspecified atom stereocenters. The van der Waals surface area contributed by atoms with E-state index in [1.54, 1.807) is 0 Å². The van der Waals surface area contributed by atoms with Crippen LogP contribution in [0.25, 0.3) is 0 Å². The largest absolute Gasteiger partial charge is 0.468 e. The van der Waals surface area contributed by atoms with Crippen molar-refractivity contribution in [1.29, 1.82) is 0 Å². The number of ether oxygens (including phenoxy) is 1. The van der Waals surface area contributed by atoms with Gasteiger partial charge in [-0.1, -0.05) is 0 Å². The molecule has 1 fully saturated rings. The Hall–Kier alpha value is -0.700. The molecule has 0 amide bonds. The second kappa shape index (κ2) is 5.58. The number of nitrogens with one attached hydrogen (secondary N) is 2. The first-order chi connectivity index (χ1) is 7.47. The molecule has 1 atom stereocenters. The maximum absolute atomic E-state index is 11.8. The first-order valence-electron chi connectivity index (χ1n) is 5.03. The van der Waals surface area contributed by atoms with E-state index in [-0.39, 0.29) is 0 Å². The Morgan fingerprint density at radius 3 is 2.50 bits per heavy atom. The van der Waals surface area contributed by atoms with E-state index in [1.807, 2.05) is 0 Å². The van der Waals surface area contributed by atoms with Gasteiger partial charge in [-0.3, -0.25) is 4.79 Å². The van der Waals surface area contributed by atoms with Crippen LogP contribution in [0.3, 0.4) is 0 Å². The molecule has 16 heavy (non-hydrogen) atoms. The SMILES string of the molecule is COC(=O)[C@H](C)NS(=O)(=O)N1CCNCC1. The van der Waals surface area contributed by atoms with Crippen molar-refractivity contribution in [3.63, 3.8) is 0 Å². The Kier molecular flexibility index (Phi) is 4.66. The molecule has 0 radical (unpaired) electrons. The molecule has 1 saturated heterocycles. The van der Waals surface area contributed by atoms with Crippen molar-refractivity contribution < 1.29 is 17.9 Å². The van der Waals surface area contributed by atoms with E-state index < -0.39 is 22.2 Å². The van der Waals surface area contributed by atoms with Gasteiger partial charge in [0, 0.05) is 26.2 Å². The average Bonchev–Trinajstić information content (AvgIpc) is 2.28. The van der Waals surface area contributed by atoms with E-state index in [0.29, 0.717) is 26.2 Å². The highest BCUT2D eigenvalue weighted by molar-refractivity contribution is 7.87. The average molecular weight is 251 g/mol. The molecule has 0 spiro atoms. The Balaban J connectivity index is 2.60. The molecule has 1 aliphatic rings. The molecule has 1 aliphatic heterocycles. The van der Waals surface area contributed by atoms with Crippen LogP contribution < -0.4 is 10.0 Å². The lowest BCUT2D eigenvalue weighted by molar-refractivity contribution is -0.142. The summed E-state index contributed by atoms with van der Waals surface area (Å²) in [6.45, 7) is 3.50. The van der Waals surface area contributed by atoms with Crippen molar-refractivity contribution in [1.82, 2.24) is 14.3 Å². The zero-order valence-electron chi connectivity index (χ0n) is 9.39. The monoisotopic (exact) mass is 251 g/mol. The summed E-state index contributed by atoms with van der Waals surface area (Å²) in [5.74, 6) is -0.598. The van der Waals surface area contributed by atoms with E-state index in [4.69, 9.17) is 0 Å². The van der Waals surface area contributed by atoms with Crippen LogP contribution in [0.4, 0.5) is 0 Å². The molecule has 1 heterocycles. The number of hydrogen-bond donors (Lipinski definition) is 2. The number of rotatable bonds is 4. The smallest absolute Gasteiger partial charge is 0.323 e. The lowest BCUT2D eigenvalue weighted by atomic mass is 10.4. The number of methoxy groups -OCH3 is 1. The van der Waals surface area contributed by atoms with Crippen LogP contribution in [0, 0.1) is 0 Å². The fourth-order valence-corrected chi connectivity index (χ4v) is 2.76. The number of nitrogens with zero attached hydrogens (tertiary/aromatic N) is 1. The second-order valence-electron chi connectivity index (χ2n) is 3.52. The van der Waals surface area contributed by atoms with Crippen LogP contribution in [0.15, 0.2) is 0 Å². The second-order valence-corrected chi connectivity index (χ2v) is 5.22. The van der Waals surface area contributed by atoms with Crippen LogP contribution >= 0.6 is 0 Å². The summed E-state index contributed by atoms with van der Waals surface area (Å²) in [5.41, 5.74) is 0. The number of carbonyl (C=O) groups is 1. The van der Waals surface area contributed by atoms with Crippen molar-refractivity contribution >= 4 is 16.2 Å². The van der Waals surface area contributed by atoms with E-state index in [0.717, 1.165) is 0 Å². The molecule has 0 aromatic heterocycles. The van der Waals surface area contributed by atoms with Gasteiger partial charge >= 0.3 is 5.97 Å². The van der Waals surface area contributed by atoms with Gasteiger partial charge < -0.3 is 10.1 Å². The number of carbonyl (C=O) groups excluding carboxylic acids is 1. The molecule has 0 aromatic rings. The van der Waals surface area contributed by atoms with E-state index >= 15 is 0 Å². The first kappa shape index (κ1) is 13.4. The molecule has 2 N–H and O–H groups in total. The van der Waals surface area contributed by atoms with Gasteiger partial charge in [0.25, 0.3) is 10.2 Å².